The van der Waals surface area contributed by atoms with E-state index in [0.717, 1.165) is 11.1 Å². The molecule has 0 amide bonds. The minimum atomic E-state index is -3.80. The summed E-state index contributed by atoms with van der Waals surface area (Å²) < 4.78 is 28.2. The Kier molecular flexibility index (Phi) is 4.75. The van der Waals surface area contributed by atoms with Crippen LogP contribution in [0.5, 0.6) is 0 Å². The van der Waals surface area contributed by atoms with Gasteiger partial charge in [0.1, 0.15) is 5.84 Å². The molecule has 5 nitrogen and oxygen atoms in total. The zero-order valence-corrected chi connectivity index (χ0v) is 14.3. The molecule has 0 fully saturated rings. The van der Waals surface area contributed by atoms with E-state index in [1.807, 2.05) is 6.92 Å². The molecule has 0 saturated heterocycles. The minimum absolute atomic E-state index is 0.0664. The standard InChI is InChI=1S/C17H18N2O3S/c1-11-5-7-15(8-6-11)23(21,22)19-14(4)18-16-9-10-17(20)13(3)12(16)2/h5-10H,1-4H3/b18-16?,19-14-. The number of carbonyl (C=O) groups excluding carboxylic acids is 1. The van der Waals surface area contributed by atoms with Crippen molar-refractivity contribution in [2.45, 2.75) is 32.6 Å². The summed E-state index contributed by atoms with van der Waals surface area (Å²) >= 11 is 0. The summed E-state index contributed by atoms with van der Waals surface area (Å²) in [6.45, 7) is 6.89. The Morgan fingerprint density at radius 2 is 1.57 bits per heavy atom. The topological polar surface area (TPSA) is 75.9 Å². The van der Waals surface area contributed by atoms with E-state index in [9.17, 15) is 13.2 Å². The first-order valence-corrected chi connectivity index (χ1v) is 8.52. The zero-order chi connectivity index (χ0) is 17.2. The number of ketones is 1. The lowest BCUT2D eigenvalue weighted by Crippen LogP contribution is -2.12. The largest absolute Gasteiger partial charge is 0.290 e. The molecule has 0 aliphatic heterocycles. The Balaban J connectivity index is 2.37. The van der Waals surface area contributed by atoms with Gasteiger partial charge in [-0.3, -0.25) is 4.79 Å². The van der Waals surface area contributed by atoms with Crippen molar-refractivity contribution in [3.63, 3.8) is 0 Å². The molecule has 0 spiro atoms. The summed E-state index contributed by atoms with van der Waals surface area (Å²) in [6.07, 6.45) is 2.99. The lowest BCUT2D eigenvalue weighted by molar-refractivity contribution is -0.111. The summed E-state index contributed by atoms with van der Waals surface area (Å²) in [5.74, 6) is 0.0510. The SMILES string of the molecule is CC1=C(C)C(=N/C(C)=N\S(=O)(=O)c2ccc(C)cc2)C=CC1=O. The molecular formula is C17H18N2O3S. The second-order valence-electron chi connectivity index (χ2n) is 5.37. The fourth-order valence-corrected chi connectivity index (χ4v) is 3.01. The van der Waals surface area contributed by atoms with Gasteiger partial charge in [-0.1, -0.05) is 17.7 Å². The van der Waals surface area contributed by atoms with Gasteiger partial charge in [0.2, 0.25) is 0 Å². The number of aryl methyl sites for hydroxylation is 1. The van der Waals surface area contributed by atoms with E-state index in [-0.39, 0.29) is 16.5 Å². The van der Waals surface area contributed by atoms with E-state index in [4.69, 9.17) is 0 Å². The normalized spacial score (nSPS) is 18.0. The van der Waals surface area contributed by atoms with Crippen LogP contribution in [0.15, 0.2) is 61.8 Å². The number of carbonyl (C=O) groups is 1. The number of sulfonamides is 1. The van der Waals surface area contributed by atoms with Crippen LogP contribution < -0.4 is 0 Å². The molecule has 0 N–H and O–H groups in total. The Hall–Kier alpha value is -2.34. The molecule has 0 saturated carbocycles. The number of rotatable bonds is 2. The zero-order valence-electron chi connectivity index (χ0n) is 13.5. The van der Waals surface area contributed by atoms with Gasteiger partial charge in [-0.05, 0) is 57.6 Å². The number of nitrogens with zero attached hydrogens (tertiary/aromatic N) is 2. The van der Waals surface area contributed by atoms with Crippen molar-refractivity contribution in [2.24, 2.45) is 9.39 Å². The van der Waals surface area contributed by atoms with Gasteiger partial charge in [-0.25, -0.2) is 4.99 Å². The van der Waals surface area contributed by atoms with E-state index in [2.05, 4.69) is 9.39 Å². The van der Waals surface area contributed by atoms with Crippen molar-refractivity contribution in [3.8, 4) is 0 Å². The first-order valence-electron chi connectivity index (χ1n) is 7.08. The van der Waals surface area contributed by atoms with Gasteiger partial charge in [0.05, 0.1) is 10.6 Å². The fraction of sp³-hybridized carbons (Fsp3) is 0.235. The van der Waals surface area contributed by atoms with Gasteiger partial charge in [-0.2, -0.15) is 8.42 Å². The summed E-state index contributed by atoms with van der Waals surface area (Å²) in [5, 5.41) is 0. The van der Waals surface area contributed by atoms with Gasteiger partial charge < -0.3 is 0 Å². The fourth-order valence-electron chi connectivity index (χ4n) is 2.03. The Bertz CT molecular complexity index is 871. The van der Waals surface area contributed by atoms with Crippen LogP contribution in [-0.4, -0.2) is 25.7 Å². The van der Waals surface area contributed by atoms with Crippen LogP contribution in [0.4, 0.5) is 0 Å². The van der Waals surface area contributed by atoms with Gasteiger partial charge in [0.25, 0.3) is 10.0 Å². The smallest absolute Gasteiger partial charge is 0.283 e. The Labute approximate surface area is 136 Å². The molecule has 0 bridgehead atoms. The maximum Gasteiger partial charge on any atom is 0.283 e. The van der Waals surface area contributed by atoms with Crippen LogP contribution >= 0.6 is 0 Å². The molecule has 2 rings (SSSR count). The van der Waals surface area contributed by atoms with Crippen molar-refractivity contribution < 1.29 is 13.2 Å². The number of hydrogen-bond donors (Lipinski definition) is 0. The average molecular weight is 330 g/mol. The highest BCUT2D eigenvalue weighted by Gasteiger charge is 2.16. The molecule has 1 aromatic rings. The third-order valence-electron chi connectivity index (χ3n) is 3.56. The monoisotopic (exact) mass is 330 g/mol. The highest BCUT2D eigenvalue weighted by molar-refractivity contribution is 7.90. The minimum Gasteiger partial charge on any atom is -0.290 e. The highest BCUT2D eigenvalue weighted by Crippen LogP contribution is 2.16. The van der Waals surface area contributed by atoms with Crippen molar-refractivity contribution in [3.05, 3.63) is 53.1 Å². The Morgan fingerprint density at radius 3 is 2.17 bits per heavy atom. The molecule has 120 valence electrons. The molecule has 6 heteroatoms. The molecular weight excluding hydrogens is 312 g/mol. The second kappa shape index (κ2) is 6.42. The number of allylic oxidation sites excluding steroid dienone is 4. The molecule has 0 atom stereocenters. The summed E-state index contributed by atoms with van der Waals surface area (Å²) in [5.41, 5.74) is 2.83. The number of amidine groups is 1. The summed E-state index contributed by atoms with van der Waals surface area (Å²) in [4.78, 5) is 15.9. The van der Waals surface area contributed by atoms with Crippen molar-refractivity contribution >= 4 is 27.4 Å². The third kappa shape index (κ3) is 3.90. The van der Waals surface area contributed by atoms with Crippen molar-refractivity contribution in [1.29, 1.82) is 0 Å². The summed E-state index contributed by atoms with van der Waals surface area (Å²) in [6, 6.07) is 6.47. The molecule has 23 heavy (non-hydrogen) atoms. The Morgan fingerprint density at radius 1 is 0.957 bits per heavy atom. The number of aliphatic imine (C=N–C) groups is 1. The van der Waals surface area contributed by atoms with Crippen LogP contribution in [-0.2, 0) is 14.8 Å². The molecule has 0 radical (unpaired) electrons. The van der Waals surface area contributed by atoms with E-state index in [1.54, 1.807) is 32.1 Å². The highest BCUT2D eigenvalue weighted by atomic mass is 32.2. The van der Waals surface area contributed by atoms with Gasteiger partial charge in [-0.15, -0.1) is 4.40 Å². The molecule has 1 aliphatic rings. The number of hydrogen-bond acceptors (Lipinski definition) is 3. The molecule has 0 unspecified atom stereocenters. The second-order valence-corrected chi connectivity index (χ2v) is 6.98. The number of benzene rings is 1. The maximum atomic E-state index is 12.3. The van der Waals surface area contributed by atoms with Crippen LogP contribution in [0.1, 0.15) is 26.3 Å². The van der Waals surface area contributed by atoms with Crippen LogP contribution in [0.2, 0.25) is 0 Å². The van der Waals surface area contributed by atoms with Crippen LogP contribution in [0.3, 0.4) is 0 Å². The quantitative estimate of drug-likeness (QED) is 0.475. The van der Waals surface area contributed by atoms with Crippen molar-refractivity contribution in [1.82, 2.24) is 0 Å². The first kappa shape index (κ1) is 17.0. The predicted octanol–water partition coefficient (Wildman–Crippen LogP) is 3.02. The predicted molar refractivity (Wildman–Crippen MR) is 91.4 cm³/mol. The van der Waals surface area contributed by atoms with E-state index >= 15 is 0 Å². The van der Waals surface area contributed by atoms with Gasteiger partial charge >= 0.3 is 0 Å². The van der Waals surface area contributed by atoms with E-state index in [1.165, 1.54) is 25.1 Å². The lowest BCUT2D eigenvalue weighted by Gasteiger charge is -2.10. The first-order chi connectivity index (χ1) is 10.7. The maximum absolute atomic E-state index is 12.3. The summed E-state index contributed by atoms with van der Waals surface area (Å²) in [7, 11) is -3.80. The van der Waals surface area contributed by atoms with Crippen LogP contribution in [0.25, 0.3) is 0 Å². The molecule has 1 aromatic carbocycles. The lowest BCUT2D eigenvalue weighted by atomic mass is 9.97. The van der Waals surface area contributed by atoms with E-state index in [0.29, 0.717) is 11.3 Å². The molecule has 0 aromatic heterocycles. The van der Waals surface area contributed by atoms with Crippen molar-refractivity contribution in [2.75, 3.05) is 0 Å². The molecule has 1 aliphatic carbocycles. The van der Waals surface area contributed by atoms with Gasteiger partial charge in [0, 0.05) is 5.57 Å². The molecule has 0 heterocycles. The third-order valence-corrected chi connectivity index (χ3v) is 4.93. The van der Waals surface area contributed by atoms with Gasteiger partial charge in [0.15, 0.2) is 5.78 Å². The average Bonchev–Trinajstić information content (AvgIpc) is 2.48. The van der Waals surface area contributed by atoms with Crippen LogP contribution in [0, 0.1) is 6.92 Å². The van der Waals surface area contributed by atoms with E-state index < -0.39 is 10.0 Å².